The van der Waals surface area contributed by atoms with Gasteiger partial charge >= 0.3 is 0 Å². The molecule has 1 aliphatic carbocycles. The van der Waals surface area contributed by atoms with Crippen molar-refractivity contribution < 1.29 is 4.79 Å². The maximum absolute atomic E-state index is 12.8. The molecule has 3 aromatic rings. The minimum absolute atomic E-state index is 0.0201. The molecule has 0 aliphatic heterocycles. The highest BCUT2D eigenvalue weighted by Crippen LogP contribution is 2.41. The highest BCUT2D eigenvalue weighted by molar-refractivity contribution is 7.11. The van der Waals surface area contributed by atoms with Crippen LogP contribution >= 0.6 is 11.3 Å². The van der Waals surface area contributed by atoms with Crippen molar-refractivity contribution in [3.05, 3.63) is 62.9 Å². The second kappa shape index (κ2) is 7.41. The van der Waals surface area contributed by atoms with Crippen molar-refractivity contribution in [1.29, 1.82) is 0 Å². The molecule has 1 aliphatic rings. The molecule has 0 radical (unpaired) electrons. The lowest BCUT2D eigenvalue weighted by Crippen LogP contribution is -2.37. The van der Waals surface area contributed by atoms with E-state index < -0.39 is 0 Å². The number of thiazole rings is 1. The number of hydrogen-bond acceptors (Lipinski definition) is 4. The van der Waals surface area contributed by atoms with Gasteiger partial charge in [-0.25, -0.2) is 9.67 Å². The molecule has 6 heteroatoms. The standard InChI is InChI=1S/C23H28N4OS/c1-14-8-6-7-9-19(14)27-20-12-23(4,5)11-18(17(20)13-24-27)26-22(28)10-21-15(2)25-16(3)29-21/h6-9,13,18H,10-12H2,1-5H3,(H,26,28). The first-order chi connectivity index (χ1) is 13.7. The van der Waals surface area contributed by atoms with E-state index in [4.69, 9.17) is 5.10 Å². The highest BCUT2D eigenvalue weighted by Gasteiger charge is 2.36. The minimum Gasteiger partial charge on any atom is -0.349 e. The Balaban J connectivity index is 1.62. The third-order valence-electron chi connectivity index (χ3n) is 5.68. The van der Waals surface area contributed by atoms with Crippen molar-refractivity contribution in [2.75, 3.05) is 0 Å². The van der Waals surface area contributed by atoms with Gasteiger partial charge in [0.1, 0.15) is 0 Å². The van der Waals surface area contributed by atoms with Gasteiger partial charge in [0.2, 0.25) is 5.91 Å². The molecule has 2 aromatic heterocycles. The van der Waals surface area contributed by atoms with Gasteiger partial charge < -0.3 is 5.32 Å². The van der Waals surface area contributed by atoms with Crippen LogP contribution in [-0.4, -0.2) is 20.7 Å². The van der Waals surface area contributed by atoms with E-state index in [0.717, 1.165) is 39.7 Å². The molecule has 0 fully saturated rings. The zero-order valence-electron chi connectivity index (χ0n) is 17.7. The molecular weight excluding hydrogens is 380 g/mol. The molecule has 0 saturated carbocycles. The number of para-hydroxylation sites is 1. The van der Waals surface area contributed by atoms with E-state index in [2.05, 4.69) is 47.9 Å². The summed E-state index contributed by atoms with van der Waals surface area (Å²) in [5.41, 5.74) is 5.68. The molecule has 4 rings (SSSR count). The third-order valence-corrected chi connectivity index (χ3v) is 6.75. The Morgan fingerprint density at radius 3 is 2.72 bits per heavy atom. The van der Waals surface area contributed by atoms with Crippen LogP contribution in [0.4, 0.5) is 0 Å². The molecular formula is C23H28N4OS. The predicted molar refractivity (Wildman–Crippen MR) is 117 cm³/mol. The maximum atomic E-state index is 12.8. The average Bonchev–Trinajstić information content (AvgIpc) is 3.17. The number of benzene rings is 1. The Labute approximate surface area is 176 Å². The lowest BCUT2D eigenvalue weighted by atomic mass is 9.74. The number of carbonyl (C=O) groups is 1. The van der Waals surface area contributed by atoms with Gasteiger partial charge in [-0.1, -0.05) is 32.0 Å². The van der Waals surface area contributed by atoms with Crippen LogP contribution in [0.1, 0.15) is 58.7 Å². The Hall–Kier alpha value is -2.47. The SMILES string of the molecule is Cc1nc(C)c(CC(=O)NC2CC(C)(C)Cc3c2cnn3-c2ccccc2C)s1. The number of fused-ring (bicyclic) bond motifs is 1. The molecule has 0 bridgehead atoms. The van der Waals surface area contributed by atoms with Crippen LogP contribution in [0.2, 0.25) is 0 Å². The Bertz CT molecular complexity index is 1060. The summed E-state index contributed by atoms with van der Waals surface area (Å²) in [7, 11) is 0. The van der Waals surface area contributed by atoms with Crippen molar-refractivity contribution in [1.82, 2.24) is 20.1 Å². The number of amides is 1. The first kappa shape index (κ1) is 19.8. The first-order valence-electron chi connectivity index (χ1n) is 10.1. The minimum atomic E-state index is -0.0201. The van der Waals surface area contributed by atoms with Crippen molar-refractivity contribution in [3.8, 4) is 5.69 Å². The summed E-state index contributed by atoms with van der Waals surface area (Å²) in [6.07, 6.45) is 4.17. The lowest BCUT2D eigenvalue weighted by molar-refractivity contribution is -0.121. The maximum Gasteiger partial charge on any atom is 0.225 e. The van der Waals surface area contributed by atoms with Crippen LogP contribution in [0.15, 0.2) is 30.5 Å². The Morgan fingerprint density at radius 2 is 2.03 bits per heavy atom. The van der Waals surface area contributed by atoms with E-state index in [1.54, 1.807) is 11.3 Å². The van der Waals surface area contributed by atoms with E-state index in [0.29, 0.717) is 6.42 Å². The fourth-order valence-electron chi connectivity index (χ4n) is 4.31. The number of nitrogens with zero attached hydrogens (tertiary/aromatic N) is 3. The first-order valence-corrected chi connectivity index (χ1v) is 10.9. The molecule has 1 N–H and O–H groups in total. The van der Waals surface area contributed by atoms with Gasteiger partial charge in [0.25, 0.3) is 0 Å². The molecule has 1 amide bonds. The summed E-state index contributed by atoms with van der Waals surface area (Å²) < 4.78 is 2.06. The topological polar surface area (TPSA) is 59.8 Å². The summed E-state index contributed by atoms with van der Waals surface area (Å²) in [4.78, 5) is 18.3. The smallest absolute Gasteiger partial charge is 0.225 e. The molecule has 1 unspecified atom stereocenters. The predicted octanol–water partition coefficient (Wildman–Crippen LogP) is 4.63. The molecule has 5 nitrogen and oxygen atoms in total. The molecule has 1 aromatic carbocycles. The zero-order chi connectivity index (χ0) is 20.8. The van der Waals surface area contributed by atoms with Gasteiger partial charge in [0.05, 0.1) is 40.7 Å². The summed E-state index contributed by atoms with van der Waals surface area (Å²) in [5, 5.41) is 9.00. The fraction of sp³-hybridized carbons (Fsp3) is 0.435. The monoisotopic (exact) mass is 408 g/mol. The molecule has 29 heavy (non-hydrogen) atoms. The molecule has 0 spiro atoms. The zero-order valence-corrected chi connectivity index (χ0v) is 18.6. The van der Waals surface area contributed by atoms with E-state index in [1.165, 1.54) is 11.3 Å². The largest absolute Gasteiger partial charge is 0.349 e. The Morgan fingerprint density at radius 1 is 1.28 bits per heavy atom. The Kier molecular flexibility index (Phi) is 5.07. The summed E-state index contributed by atoms with van der Waals surface area (Å²) in [6.45, 7) is 10.6. The van der Waals surface area contributed by atoms with E-state index >= 15 is 0 Å². The van der Waals surface area contributed by atoms with Crippen LogP contribution in [0, 0.1) is 26.2 Å². The van der Waals surface area contributed by atoms with Crippen LogP contribution in [-0.2, 0) is 17.6 Å². The van der Waals surface area contributed by atoms with Gasteiger partial charge in [0, 0.05) is 10.4 Å². The summed E-state index contributed by atoms with van der Waals surface area (Å²) >= 11 is 1.60. The normalized spacial score (nSPS) is 17.8. The van der Waals surface area contributed by atoms with E-state index in [1.807, 2.05) is 32.2 Å². The lowest BCUT2D eigenvalue weighted by Gasteiger charge is -2.36. The van der Waals surface area contributed by atoms with Crippen LogP contribution in [0.3, 0.4) is 0 Å². The highest BCUT2D eigenvalue weighted by atomic mass is 32.1. The van der Waals surface area contributed by atoms with E-state index in [-0.39, 0.29) is 17.4 Å². The average molecular weight is 409 g/mol. The van der Waals surface area contributed by atoms with Crippen molar-refractivity contribution >= 4 is 17.2 Å². The number of aromatic nitrogens is 3. The number of nitrogens with one attached hydrogen (secondary N) is 1. The summed E-state index contributed by atoms with van der Waals surface area (Å²) in [6, 6.07) is 8.28. The van der Waals surface area contributed by atoms with Crippen molar-refractivity contribution in [2.24, 2.45) is 5.41 Å². The molecule has 2 heterocycles. The van der Waals surface area contributed by atoms with Crippen LogP contribution in [0.5, 0.6) is 0 Å². The van der Waals surface area contributed by atoms with Crippen molar-refractivity contribution in [3.63, 3.8) is 0 Å². The van der Waals surface area contributed by atoms with Crippen LogP contribution in [0.25, 0.3) is 5.69 Å². The van der Waals surface area contributed by atoms with Crippen LogP contribution < -0.4 is 5.32 Å². The van der Waals surface area contributed by atoms with Gasteiger partial charge in [-0.2, -0.15) is 5.10 Å². The van der Waals surface area contributed by atoms with Gasteiger partial charge in [-0.15, -0.1) is 11.3 Å². The quantitative estimate of drug-likeness (QED) is 0.685. The molecule has 152 valence electrons. The fourth-order valence-corrected chi connectivity index (χ4v) is 5.24. The molecule has 1 atom stereocenters. The van der Waals surface area contributed by atoms with Gasteiger partial charge in [-0.05, 0) is 50.7 Å². The second-order valence-electron chi connectivity index (χ2n) is 8.83. The summed E-state index contributed by atoms with van der Waals surface area (Å²) in [5.74, 6) is 0.0500. The third kappa shape index (κ3) is 3.99. The van der Waals surface area contributed by atoms with Crippen molar-refractivity contribution in [2.45, 2.75) is 59.9 Å². The number of aryl methyl sites for hydroxylation is 3. The van der Waals surface area contributed by atoms with E-state index in [9.17, 15) is 4.79 Å². The number of carbonyl (C=O) groups excluding carboxylic acids is 1. The van der Waals surface area contributed by atoms with Gasteiger partial charge in [0.15, 0.2) is 0 Å². The second-order valence-corrected chi connectivity index (χ2v) is 10.1. The molecule has 0 saturated heterocycles. The number of rotatable bonds is 4. The van der Waals surface area contributed by atoms with Gasteiger partial charge in [-0.3, -0.25) is 4.79 Å². The number of hydrogen-bond donors (Lipinski definition) is 1.